The van der Waals surface area contributed by atoms with Gasteiger partial charge >= 0.3 is 5.97 Å². The van der Waals surface area contributed by atoms with Crippen LogP contribution in [0.25, 0.3) is 0 Å². The van der Waals surface area contributed by atoms with E-state index in [4.69, 9.17) is 5.11 Å². The first kappa shape index (κ1) is 16.7. The molecule has 0 bridgehead atoms. The number of aromatic nitrogens is 2. The van der Waals surface area contributed by atoms with Gasteiger partial charge in [0.2, 0.25) is 0 Å². The summed E-state index contributed by atoms with van der Waals surface area (Å²) in [6, 6.07) is 7.23. The molecule has 1 amide bonds. The lowest BCUT2D eigenvalue weighted by molar-refractivity contribution is -0.136. The number of carbonyl (C=O) groups is 2. The number of benzene rings is 1. The van der Waals surface area contributed by atoms with Crippen LogP contribution in [0.3, 0.4) is 0 Å². The van der Waals surface area contributed by atoms with Gasteiger partial charge in [-0.3, -0.25) is 14.7 Å². The van der Waals surface area contributed by atoms with Crippen molar-refractivity contribution in [3.8, 4) is 0 Å². The van der Waals surface area contributed by atoms with E-state index >= 15 is 0 Å². The van der Waals surface area contributed by atoms with Crippen LogP contribution in [0.1, 0.15) is 53.5 Å². The Bertz CT molecular complexity index is 720. The van der Waals surface area contributed by atoms with Crippen molar-refractivity contribution in [3.63, 3.8) is 0 Å². The molecule has 1 aromatic carbocycles. The molecule has 0 aliphatic carbocycles. The van der Waals surface area contributed by atoms with E-state index < -0.39 is 5.97 Å². The molecule has 0 spiro atoms. The second kappa shape index (κ2) is 7.09. The smallest absolute Gasteiger partial charge is 0.303 e. The van der Waals surface area contributed by atoms with E-state index in [1.165, 1.54) is 0 Å². The first-order valence-electron chi connectivity index (χ1n) is 7.55. The monoisotopic (exact) mass is 315 g/mol. The first-order valence-corrected chi connectivity index (χ1v) is 7.55. The number of amides is 1. The summed E-state index contributed by atoms with van der Waals surface area (Å²) in [6.07, 6.45) is 0.497. The highest BCUT2D eigenvalue weighted by atomic mass is 16.4. The van der Waals surface area contributed by atoms with Crippen LogP contribution in [-0.2, 0) is 11.2 Å². The molecular weight excluding hydrogens is 294 g/mol. The van der Waals surface area contributed by atoms with Gasteiger partial charge in [-0.1, -0.05) is 26.0 Å². The molecule has 1 heterocycles. The lowest BCUT2D eigenvalue weighted by Gasteiger charge is -2.09. The molecule has 6 nitrogen and oxygen atoms in total. The van der Waals surface area contributed by atoms with Gasteiger partial charge in [-0.2, -0.15) is 5.10 Å². The van der Waals surface area contributed by atoms with Crippen molar-refractivity contribution < 1.29 is 14.7 Å². The van der Waals surface area contributed by atoms with Crippen LogP contribution >= 0.6 is 0 Å². The van der Waals surface area contributed by atoms with E-state index in [0.29, 0.717) is 17.7 Å². The maximum absolute atomic E-state index is 12.5. The summed E-state index contributed by atoms with van der Waals surface area (Å²) in [5.74, 6) is -0.909. The second-order valence-corrected chi connectivity index (χ2v) is 5.81. The first-order chi connectivity index (χ1) is 10.9. The average molecular weight is 315 g/mol. The maximum Gasteiger partial charge on any atom is 0.303 e. The zero-order chi connectivity index (χ0) is 17.0. The van der Waals surface area contributed by atoms with Crippen molar-refractivity contribution in [2.24, 2.45) is 0 Å². The highest BCUT2D eigenvalue weighted by Gasteiger charge is 2.20. The highest BCUT2D eigenvalue weighted by molar-refractivity contribution is 6.06. The SMILES string of the molecule is Cc1[nH]nc(C(C)C)c1C(=O)Nc1cccc(CCC(=O)O)c1. The van der Waals surface area contributed by atoms with Gasteiger partial charge in [-0.25, -0.2) is 0 Å². The van der Waals surface area contributed by atoms with Crippen LogP contribution < -0.4 is 5.32 Å². The van der Waals surface area contributed by atoms with E-state index in [9.17, 15) is 9.59 Å². The number of nitrogens with one attached hydrogen (secondary N) is 2. The topological polar surface area (TPSA) is 95.1 Å². The van der Waals surface area contributed by atoms with E-state index in [-0.39, 0.29) is 18.2 Å². The number of hydrogen-bond acceptors (Lipinski definition) is 3. The fraction of sp³-hybridized carbons (Fsp3) is 0.353. The third kappa shape index (κ3) is 4.18. The Labute approximate surface area is 134 Å². The van der Waals surface area contributed by atoms with Crippen LogP contribution in [0.4, 0.5) is 5.69 Å². The predicted octanol–water partition coefficient (Wildman–Crippen LogP) is 3.11. The number of nitrogens with zero attached hydrogens (tertiary/aromatic N) is 1. The van der Waals surface area contributed by atoms with Gasteiger partial charge in [-0.15, -0.1) is 0 Å². The van der Waals surface area contributed by atoms with Gasteiger partial charge < -0.3 is 10.4 Å². The third-order valence-electron chi connectivity index (χ3n) is 3.56. The van der Waals surface area contributed by atoms with Crippen molar-refractivity contribution >= 4 is 17.6 Å². The quantitative estimate of drug-likeness (QED) is 0.763. The maximum atomic E-state index is 12.5. The normalized spacial score (nSPS) is 10.8. The van der Waals surface area contributed by atoms with Gasteiger partial charge in [0.05, 0.1) is 11.3 Å². The number of carboxylic acids is 1. The Balaban J connectivity index is 2.16. The number of H-pyrrole nitrogens is 1. The number of carboxylic acid groups (broad SMARTS) is 1. The number of aromatic amines is 1. The summed E-state index contributed by atoms with van der Waals surface area (Å²) in [4.78, 5) is 23.2. The molecule has 1 aromatic heterocycles. The number of anilines is 1. The fourth-order valence-corrected chi connectivity index (χ4v) is 2.40. The zero-order valence-corrected chi connectivity index (χ0v) is 13.5. The standard InChI is InChI=1S/C17H21N3O3/c1-10(2)16-15(11(3)19-20-16)17(23)18-13-6-4-5-12(9-13)7-8-14(21)22/h4-6,9-10H,7-8H2,1-3H3,(H,18,23)(H,19,20)(H,21,22). The molecule has 0 unspecified atom stereocenters. The third-order valence-corrected chi connectivity index (χ3v) is 3.56. The molecule has 0 aliphatic heterocycles. The van der Waals surface area contributed by atoms with Crippen LogP contribution in [0, 0.1) is 6.92 Å². The van der Waals surface area contributed by atoms with Gasteiger partial charge in [0.25, 0.3) is 5.91 Å². The van der Waals surface area contributed by atoms with Crippen LogP contribution in [0.15, 0.2) is 24.3 Å². The van der Waals surface area contributed by atoms with Crippen LogP contribution in [0.5, 0.6) is 0 Å². The second-order valence-electron chi connectivity index (χ2n) is 5.81. The van der Waals surface area contributed by atoms with Crippen molar-refractivity contribution in [1.82, 2.24) is 10.2 Å². The Morgan fingerprint density at radius 3 is 2.74 bits per heavy atom. The summed E-state index contributed by atoms with van der Waals surface area (Å²) < 4.78 is 0. The summed E-state index contributed by atoms with van der Waals surface area (Å²) >= 11 is 0. The minimum Gasteiger partial charge on any atom is -0.481 e. The molecule has 6 heteroatoms. The molecule has 0 aliphatic rings. The van der Waals surface area contributed by atoms with Gasteiger partial charge in [0.1, 0.15) is 0 Å². The largest absolute Gasteiger partial charge is 0.481 e. The molecule has 2 rings (SSSR count). The molecule has 3 N–H and O–H groups in total. The van der Waals surface area contributed by atoms with Crippen molar-refractivity contribution in [2.45, 2.75) is 39.5 Å². The lowest BCUT2D eigenvalue weighted by atomic mass is 10.0. The molecule has 122 valence electrons. The summed E-state index contributed by atoms with van der Waals surface area (Å²) in [5.41, 5.74) is 3.55. The van der Waals surface area contributed by atoms with Crippen LogP contribution in [0.2, 0.25) is 0 Å². The van der Waals surface area contributed by atoms with E-state index in [1.54, 1.807) is 18.2 Å². The number of carbonyl (C=O) groups excluding carboxylic acids is 1. The number of aliphatic carboxylic acids is 1. The van der Waals surface area contributed by atoms with Crippen molar-refractivity contribution in [2.75, 3.05) is 5.32 Å². The number of hydrogen-bond donors (Lipinski definition) is 3. The minimum absolute atomic E-state index is 0.0652. The molecule has 2 aromatic rings. The minimum atomic E-state index is -0.838. The molecular formula is C17H21N3O3. The van der Waals surface area contributed by atoms with E-state index in [0.717, 1.165) is 17.0 Å². The van der Waals surface area contributed by atoms with Crippen molar-refractivity contribution in [3.05, 3.63) is 46.8 Å². The van der Waals surface area contributed by atoms with E-state index in [1.807, 2.05) is 26.8 Å². The molecule has 0 fully saturated rings. The molecule has 0 radical (unpaired) electrons. The Kier molecular flexibility index (Phi) is 5.16. The van der Waals surface area contributed by atoms with Gasteiger partial charge in [-0.05, 0) is 37.0 Å². The van der Waals surface area contributed by atoms with Gasteiger partial charge in [0, 0.05) is 17.8 Å². The Morgan fingerprint density at radius 1 is 1.35 bits per heavy atom. The number of rotatable bonds is 6. The zero-order valence-electron chi connectivity index (χ0n) is 13.5. The highest BCUT2D eigenvalue weighted by Crippen LogP contribution is 2.21. The summed E-state index contributed by atoms with van der Waals surface area (Å²) in [5, 5.41) is 18.7. The molecule has 0 atom stereocenters. The van der Waals surface area contributed by atoms with Crippen molar-refractivity contribution in [1.29, 1.82) is 0 Å². The van der Waals surface area contributed by atoms with Crippen LogP contribution in [-0.4, -0.2) is 27.2 Å². The summed E-state index contributed by atoms with van der Waals surface area (Å²) in [7, 11) is 0. The molecule has 0 saturated heterocycles. The molecule has 0 saturated carbocycles. The van der Waals surface area contributed by atoms with E-state index in [2.05, 4.69) is 15.5 Å². The molecule has 23 heavy (non-hydrogen) atoms. The fourth-order valence-electron chi connectivity index (χ4n) is 2.40. The Morgan fingerprint density at radius 2 is 2.09 bits per heavy atom. The predicted molar refractivity (Wildman–Crippen MR) is 87.8 cm³/mol. The summed E-state index contributed by atoms with van der Waals surface area (Å²) in [6.45, 7) is 5.79. The Hall–Kier alpha value is -2.63. The number of aryl methyl sites for hydroxylation is 2. The van der Waals surface area contributed by atoms with Gasteiger partial charge in [0.15, 0.2) is 0 Å². The average Bonchev–Trinajstić information content (AvgIpc) is 2.87. The lowest BCUT2D eigenvalue weighted by Crippen LogP contribution is -2.15.